The molecule has 3 nitrogen and oxygen atoms in total. The van der Waals surface area contributed by atoms with E-state index in [-0.39, 0.29) is 5.91 Å². The van der Waals surface area contributed by atoms with E-state index in [0.29, 0.717) is 0 Å². The molecule has 2 aromatic rings. The predicted molar refractivity (Wildman–Crippen MR) is 96.5 cm³/mol. The van der Waals surface area contributed by atoms with Gasteiger partial charge in [-0.3, -0.25) is 9.69 Å². The summed E-state index contributed by atoms with van der Waals surface area (Å²) in [6.07, 6.45) is 0. The Morgan fingerprint density at radius 3 is 2.35 bits per heavy atom. The average molecular weight is 373 g/mol. The second-order valence-corrected chi connectivity index (χ2v) is 6.83. The lowest BCUT2D eigenvalue weighted by molar-refractivity contribution is 0.0627. The first-order valence-corrected chi connectivity index (χ1v) is 8.75. The van der Waals surface area contributed by atoms with Crippen LogP contribution in [0.25, 0.3) is 0 Å². The smallest absolute Gasteiger partial charge is 0.255 e. The molecule has 0 saturated carbocycles. The summed E-state index contributed by atoms with van der Waals surface area (Å²) in [6.45, 7) is 6.53. The second-order valence-electron chi connectivity index (χ2n) is 5.97. The molecule has 1 aliphatic heterocycles. The van der Waals surface area contributed by atoms with Gasteiger partial charge in [0.25, 0.3) is 5.91 Å². The third-order valence-electron chi connectivity index (χ3n) is 4.42. The van der Waals surface area contributed by atoms with Crippen LogP contribution < -0.4 is 0 Å². The van der Waals surface area contributed by atoms with Crippen molar-refractivity contribution in [1.82, 2.24) is 9.80 Å². The fourth-order valence-corrected chi connectivity index (χ4v) is 3.40. The summed E-state index contributed by atoms with van der Waals surface area (Å²) >= 11 is 3.47. The number of hydrogen-bond acceptors (Lipinski definition) is 2. The summed E-state index contributed by atoms with van der Waals surface area (Å²) in [4.78, 5) is 17.0. The zero-order valence-electron chi connectivity index (χ0n) is 13.3. The summed E-state index contributed by atoms with van der Waals surface area (Å²) in [5.41, 5.74) is 3.46. The number of carbonyl (C=O) groups is 1. The maximum Gasteiger partial charge on any atom is 0.255 e. The molecular weight excluding hydrogens is 352 g/mol. The first-order valence-electron chi connectivity index (χ1n) is 7.96. The topological polar surface area (TPSA) is 23.6 Å². The second kappa shape index (κ2) is 7.28. The number of benzene rings is 2. The molecule has 1 heterocycles. The molecule has 2 aromatic carbocycles. The number of amides is 1. The molecule has 0 N–H and O–H groups in total. The molecule has 120 valence electrons. The number of aryl methyl sites for hydroxylation is 1. The van der Waals surface area contributed by atoms with Crippen molar-refractivity contribution in [3.8, 4) is 0 Å². The Morgan fingerprint density at radius 2 is 1.65 bits per heavy atom. The summed E-state index contributed by atoms with van der Waals surface area (Å²) in [5.74, 6) is 0.119. The number of piperazine rings is 1. The highest BCUT2D eigenvalue weighted by Crippen LogP contribution is 2.19. The lowest BCUT2D eigenvalue weighted by Crippen LogP contribution is -2.48. The molecule has 0 bridgehead atoms. The van der Waals surface area contributed by atoms with Crippen LogP contribution in [0.1, 0.15) is 21.5 Å². The van der Waals surface area contributed by atoms with E-state index in [1.165, 1.54) is 11.1 Å². The summed E-state index contributed by atoms with van der Waals surface area (Å²) in [5, 5.41) is 0. The van der Waals surface area contributed by atoms with Gasteiger partial charge in [-0.15, -0.1) is 0 Å². The van der Waals surface area contributed by atoms with Crippen molar-refractivity contribution in [2.45, 2.75) is 13.5 Å². The van der Waals surface area contributed by atoms with E-state index in [2.05, 4.69) is 52.0 Å². The molecule has 1 saturated heterocycles. The van der Waals surface area contributed by atoms with E-state index < -0.39 is 0 Å². The van der Waals surface area contributed by atoms with Crippen LogP contribution in [-0.2, 0) is 6.54 Å². The van der Waals surface area contributed by atoms with Crippen molar-refractivity contribution >= 4 is 21.8 Å². The third kappa shape index (κ3) is 3.82. The molecule has 0 unspecified atom stereocenters. The monoisotopic (exact) mass is 372 g/mol. The van der Waals surface area contributed by atoms with Crippen LogP contribution in [0, 0.1) is 6.92 Å². The lowest BCUT2D eigenvalue weighted by atomic mass is 10.1. The van der Waals surface area contributed by atoms with Crippen molar-refractivity contribution < 1.29 is 4.79 Å². The molecule has 3 rings (SSSR count). The van der Waals surface area contributed by atoms with Crippen molar-refractivity contribution in [1.29, 1.82) is 0 Å². The Morgan fingerprint density at radius 1 is 1.00 bits per heavy atom. The molecule has 0 aliphatic carbocycles. The van der Waals surface area contributed by atoms with Gasteiger partial charge in [-0.1, -0.05) is 36.4 Å². The van der Waals surface area contributed by atoms with Gasteiger partial charge in [0.1, 0.15) is 0 Å². The molecule has 4 heteroatoms. The maximum atomic E-state index is 12.6. The van der Waals surface area contributed by atoms with Gasteiger partial charge < -0.3 is 4.90 Å². The molecule has 0 radical (unpaired) electrons. The minimum Gasteiger partial charge on any atom is -0.336 e. The summed E-state index contributed by atoms with van der Waals surface area (Å²) < 4.78 is 0.868. The fraction of sp³-hybridized carbons (Fsp3) is 0.316. The molecule has 23 heavy (non-hydrogen) atoms. The number of nitrogens with zero attached hydrogens (tertiary/aromatic N) is 2. The molecule has 1 aliphatic rings. The van der Waals surface area contributed by atoms with Gasteiger partial charge in [0.2, 0.25) is 0 Å². The van der Waals surface area contributed by atoms with Gasteiger partial charge in [-0.05, 0) is 46.1 Å². The van der Waals surface area contributed by atoms with Crippen LogP contribution in [0.15, 0.2) is 53.0 Å². The molecule has 1 fully saturated rings. The Labute approximate surface area is 146 Å². The van der Waals surface area contributed by atoms with Crippen LogP contribution in [-0.4, -0.2) is 41.9 Å². The summed E-state index contributed by atoms with van der Waals surface area (Å²) in [6, 6.07) is 16.2. The largest absolute Gasteiger partial charge is 0.336 e. The summed E-state index contributed by atoms with van der Waals surface area (Å²) in [7, 11) is 0. The standard InChI is InChI=1S/C19H21BrN2O/c1-15-6-2-3-7-16(15)14-21-10-12-22(13-11-21)19(23)17-8-4-5-9-18(17)20/h2-9H,10-14H2,1H3. The third-order valence-corrected chi connectivity index (χ3v) is 5.11. The van der Waals surface area contributed by atoms with Gasteiger partial charge in [-0.2, -0.15) is 0 Å². The number of halogens is 1. The SMILES string of the molecule is Cc1ccccc1CN1CCN(C(=O)c2ccccc2Br)CC1. The van der Waals surface area contributed by atoms with Gasteiger partial charge in [0.15, 0.2) is 0 Å². The van der Waals surface area contributed by atoms with Gasteiger partial charge in [0, 0.05) is 37.2 Å². The van der Waals surface area contributed by atoms with E-state index in [9.17, 15) is 4.79 Å². The minimum atomic E-state index is 0.119. The van der Waals surface area contributed by atoms with Crippen molar-refractivity contribution in [3.63, 3.8) is 0 Å². The van der Waals surface area contributed by atoms with E-state index in [4.69, 9.17) is 0 Å². The maximum absolute atomic E-state index is 12.6. The van der Waals surface area contributed by atoms with Crippen molar-refractivity contribution in [3.05, 3.63) is 69.7 Å². The highest BCUT2D eigenvalue weighted by Gasteiger charge is 2.23. The molecule has 0 aromatic heterocycles. The van der Waals surface area contributed by atoms with Gasteiger partial charge >= 0.3 is 0 Å². The van der Waals surface area contributed by atoms with Crippen LogP contribution in [0.2, 0.25) is 0 Å². The quantitative estimate of drug-likeness (QED) is 0.819. The fourth-order valence-electron chi connectivity index (χ4n) is 2.94. The Hall–Kier alpha value is -1.65. The number of rotatable bonds is 3. The first-order chi connectivity index (χ1) is 11.1. The van der Waals surface area contributed by atoms with Crippen LogP contribution >= 0.6 is 15.9 Å². The Bertz CT molecular complexity index is 693. The predicted octanol–water partition coefficient (Wildman–Crippen LogP) is 3.72. The number of carbonyl (C=O) groups excluding carboxylic acids is 1. The molecule has 0 spiro atoms. The lowest BCUT2D eigenvalue weighted by Gasteiger charge is -2.35. The van der Waals surface area contributed by atoms with Gasteiger partial charge in [0.05, 0.1) is 5.56 Å². The van der Waals surface area contributed by atoms with Crippen LogP contribution in [0.4, 0.5) is 0 Å². The zero-order valence-corrected chi connectivity index (χ0v) is 14.9. The van der Waals surface area contributed by atoms with E-state index in [1.807, 2.05) is 29.2 Å². The molecule has 1 amide bonds. The highest BCUT2D eigenvalue weighted by atomic mass is 79.9. The van der Waals surface area contributed by atoms with Crippen LogP contribution in [0.5, 0.6) is 0 Å². The highest BCUT2D eigenvalue weighted by molar-refractivity contribution is 9.10. The van der Waals surface area contributed by atoms with E-state index in [1.54, 1.807) is 0 Å². The Balaban J connectivity index is 1.59. The normalized spacial score (nSPS) is 15.7. The molecular formula is C19H21BrN2O. The number of hydrogen-bond donors (Lipinski definition) is 0. The van der Waals surface area contributed by atoms with Crippen LogP contribution in [0.3, 0.4) is 0 Å². The average Bonchev–Trinajstić information content (AvgIpc) is 2.57. The molecule has 0 atom stereocenters. The Kier molecular flexibility index (Phi) is 5.13. The van der Waals surface area contributed by atoms with E-state index >= 15 is 0 Å². The van der Waals surface area contributed by atoms with Crippen molar-refractivity contribution in [2.24, 2.45) is 0 Å². The van der Waals surface area contributed by atoms with Gasteiger partial charge in [-0.25, -0.2) is 0 Å². The van der Waals surface area contributed by atoms with Crippen molar-refractivity contribution in [2.75, 3.05) is 26.2 Å². The minimum absolute atomic E-state index is 0.119. The zero-order chi connectivity index (χ0) is 16.2. The first kappa shape index (κ1) is 16.2. The van der Waals surface area contributed by atoms with E-state index in [0.717, 1.165) is 42.8 Å².